The molecular weight excluding hydrogens is 400 g/mol. The van der Waals surface area contributed by atoms with E-state index in [1.165, 1.54) is 0 Å². The quantitative estimate of drug-likeness (QED) is 0.441. The van der Waals surface area contributed by atoms with Gasteiger partial charge in [0.1, 0.15) is 11.9 Å². The van der Waals surface area contributed by atoms with Gasteiger partial charge >= 0.3 is 0 Å². The molecule has 2 N–H and O–H groups in total. The topological polar surface area (TPSA) is 72.1 Å². The molecule has 4 aromatic rings. The van der Waals surface area contributed by atoms with Crippen LogP contribution >= 0.6 is 0 Å². The second-order valence-electron chi connectivity index (χ2n) is 8.48. The second kappa shape index (κ2) is 9.01. The molecule has 1 fully saturated rings. The summed E-state index contributed by atoms with van der Waals surface area (Å²) in [7, 11) is 0. The molecule has 2 aromatic heterocycles. The Morgan fingerprint density at radius 1 is 1.03 bits per heavy atom. The van der Waals surface area contributed by atoms with E-state index in [1.54, 1.807) is 12.4 Å². The molecule has 2 aromatic carbocycles. The molecule has 3 heterocycles. The molecule has 0 unspecified atom stereocenters. The van der Waals surface area contributed by atoms with Crippen molar-refractivity contribution in [2.45, 2.75) is 38.9 Å². The van der Waals surface area contributed by atoms with Crippen molar-refractivity contribution in [1.29, 1.82) is 0 Å². The fourth-order valence-electron chi connectivity index (χ4n) is 4.14. The van der Waals surface area contributed by atoms with Crippen molar-refractivity contribution in [3.63, 3.8) is 0 Å². The standard InChI is InChI=1S/C26H28N4O2/c1-17(2)31-20-8-5-18(6-9-20)19-7-10-24-22(12-19)23(14-29-24)25-15-28-16-26(30-25)32-21-4-3-11-27-13-21/h5-10,12,14-17,21,27,29H,3-4,11,13H2,1-2H3/t21-/m1/s1. The van der Waals surface area contributed by atoms with Crippen LogP contribution in [0.3, 0.4) is 0 Å². The van der Waals surface area contributed by atoms with Crippen molar-refractivity contribution in [3.05, 3.63) is 61.1 Å². The van der Waals surface area contributed by atoms with E-state index < -0.39 is 0 Å². The zero-order valence-corrected chi connectivity index (χ0v) is 18.5. The van der Waals surface area contributed by atoms with Crippen molar-refractivity contribution in [2.75, 3.05) is 13.1 Å². The lowest BCUT2D eigenvalue weighted by Crippen LogP contribution is -2.37. The van der Waals surface area contributed by atoms with Gasteiger partial charge in [-0.1, -0.05) is 18.2 Å². The molecular formula is C26H28N4O2. The first-order valence-electron chi connectivity index (χ1n) is 11.2. The van der Waals surface area contributed by atoms with Crippen LogP contribution in [0.1, 0.15) is 26.7 Å². The van der Waals surface area contributed by atoms with Gasteiger partial charge in [0.15, 0.2) is 0 Å². The number of H-pyrrole nitrogens is 1. The van der Waals surface area contributed by atoms with Gasteiger partial charge in [-0.3, -0.25) is 4.98 Å². The molecule has 0 aliphatic carbocycles. The monoisotopic (exact) mass is 428 g/mol. The lowest BCUT2D eigenvalue weighted by atomic mass is 10.0. The van der Waals surface area contributed by atoms with Gasteiger partial charge < -0.3 is 19.8 Å². The molecule has 6 nitrogen and oxygen atoms in total. The minimum absolute atomic E-state index is 0.144. The van der Waals surface area contributed by atoms with Crippen LogP contribution in [-0.4, -0.2) is 40.2 Å². The van der Waals surface area contributed by atoms with E-state index in [4.69, 9.17) is 14.5 Å². The van der Waals surface area contributed by atoms with Crippen molar-refractivity contribution >= 4 is 10.9 Å². The lowest BCUT2D eigenvalue weighted by molar-refractivity contribution is 0.160. The molecule has 0 amide bonds. The second-order valence-corrected chi connectivity index (χ2v) is 8.48. The molecule has 0 radical (unpaired) electrons. The minimum atomic E-state index is 0.144. The number of rotatable bonds is 6. The average molecular weight is 429 g/mol. The maximum Gasteiger partial charge on any atom is 0.233 e. The summed E-state index contributed by atoms with van der Waals surface area (Å²) < 4.78 is 11.8. The third kappa shape index (κ3) is 4.46. The number of nitrogens with one attached hydrogen (secondary N) is 2. The first-order chi connectivity index (χ1) is 15.7. The number of ether oxygens (including phenoxy) is 2. The van der Waals surface area contributed by atoms with Gasteiger partial charge in [0.25, 0.3) is 0 Å². The van der Waals surface area contributed by atoms with E-state index >= 15 is 0 Å². The summed E-state index contributed by atoms with van der Waals surface area (Å²) in [5.74, 6) is 1.45. The van der Waals surface area contributed by atoms with Crippen LogP contribution in [0, 0.1) is 0 Å². The molecule has 1 atom stereocenters. The third-order valence-corrected chi connectivity index (χ3v) is 5.67. The SMILES string of the molecule is CC(C)Oc1ccc(-c2ccc3[nH]cc(-c4cncc(O[C@@H]5CCCNC5)n4)c3c2)cc1. The number of hydrogen-bond acceptors (Lipinski definition) is 5. The van der Waals surface area contributed by atoms with Crippen LogP contribution in [-0.2, 0) is 0 Å². The number of aromatic nitrogens is 3. The molecule has 0 bridgehead atoms. The number of aromatic amines is 1. The highest BCUT2D eigenvalue weighted by Crippen LogP contribution is 2.32. The molecule has 32 heavy (non-hydrogen) atoms. The highest BCUT2D eigenvalue weighted by atomic mass is 16.5. The Morgan fingerprint density at radius 2 is 1.88 bits per heavy atom. The van der Waals surface area contributed by atoms with Gasteiger partial charge in [0.05, 0.1) is 24.2 Å². The van der Waals surface area contributed by atoms with E-state index in [-0.39, 0.29) is 12.2 Å². The Kier molecular flexibility index (Phi) is 5.77. The highest BCUT2D eigenvalue weighted by Gasteiger charge is 2.16. The third-order valence-electron chi connectivity index (χ3n) is 5.67. The Labute approximate surface area is 188 Å². The minimum Gasteiger partial charge on any atom is -0.491 e. The van der Waals surface area contributed by atoms with Crippen molar-refractivity contribution in [2.24, 2.45) is 0 Å². The number of benzene rings is 2. The summed E-state index contributed by atoms with van der Waals surface area (Å²) in [4.78, 5) is 12.5. The fourth-order valence-corrected chi connectivity index (χ4v) is 4.14. The molecule has 1 aliphatic heterocycles. The predicted molar refractivity (Wildman–Crippen MR) is 127 cm³/mol. The highest BCUT2D eigenvalue weighted by molar-refractivity contribution is 5.97. The molecule has 1 aliphatic rings. The van der Waals surface area contributed by atoms with E-state index in [0.717, 1.165) is 65.0 Å². The van der Waals surface area contributed by atoms with E-state index in [9.17, 15) is 0 Å². The maximum atomic E-state index is 6.08. The Balaban J connectivity index is 1.43. The van der Waals surface area contributed by atoms with Gasteiger partial charge in [-0.15, -0.1) is 0 Å². The summed E-state index contributed by atoms with van der Waals surface area (Å²) in [5, 5.41) is 4.48. The molecule has 0 saturated carbocycles. The van der Waals surface area contributed by atoms with Crippen molar-refractivity contribution in [3.8, 4) is 34.0 Å². The summed E-state index contributed by atoms with van der Waals surface area (Å²) in [6.07, 6.45) is 7.94. The first kappa shape index (κ1) is 20.5. The fraction of sp³-hybridized carbons (Fsp3) is 0.308. The van der Waals surface area contributed by atoms with Crippen molar-refractivity contribution < 1.29 is 9.47 Å². The molecule has 1 saturated heterocycles. The first-order valence-corrected chi connectivity index (χ1v) is 11.2. The summed E-state index contributed by atoms with van der Waals surface area (Å²) in [5.41, 5.74) is 5.16. The average Bonchev–Trinajstić information content (AvgIpc) is 3.23. The van der Waals surface area contributed by atoms with Crippen LogP contribution < -0.4 is 14.8 Å². The van der Waals surface area contributed by atoms with E-state index in [0.29, 0.717) is 5.88 Å². The van der Waals surface area contributed by atoms with Crippen LogP contribution in [0.25, 0.3) is 33.3 Å². The molecule has 164 valence electrons. The number of fused-ring (bicyclic) bond motifs is 1. The molecule has 5 rings (SSSR count). The lowest BCUT2D eigenvalue weighted by Gasteiger charge is -2.23. The summed E-state index contributed by atoms with van der Waals surface area (Å²) in [6, 6.07) is 14.7. The maximum absolute atomic E-state index is 6.08. The zero-order chi connectivity index (χ0) is 21.9. The Morgan fingerprint density at radius 3 is 2.66 bits per heavy atom. The smallest absolute Gasteiger partial charge is 0.233 e. The van der Waals surface area contributed by atoms with Gasteiger partial charge in [0, 0.05) is 29.2 Å². The van der Waals surface area contributed by atoms with Gasteiger partial charge in [-0.25, -0.2) is 4.98 Å². The zero-order valence-electron chi connectivity index (χ0n) is 18.5. The van der Waals surface area contributed by atoms with Crippen LogP contribution in [0.2, 0.25) is 0 Å². The van der Waals surface area contributed by atoms with Crippen LogP contribution in [0.5, 0.6) is 11.6 Å². The van der Waals surface area contributed by atoms with Gasteiger partial charge in [-0.2, -0.15) is 0 Å². The summed E-state index contributed by atoms with van der Waals surface area (Å²) >= 11 is 0. The van der Waals surface area contributed by atoms with E-state index in [1.807, 2.05) is 32.2 Å². The Bertz CT molecular complexity index is 1190. The van der Waals surface area contributed by atoms with Crippen molar-refractivity contribution in [1.82, 2.24) is 20.3 Å². The molecule has 0 spiro atoms. The number of hydrogen-bond donors (Lipinski definition) is 2. The number of piperidine rings is 1. The van der Waals surface area contributed by atoms with Crippen LogP contribution in [0.4, 0.5) is 0 Å². The normalized spacial score (nSPS) is 16.4. The largest absolute Gasteiger partial charge is 0.491 e. The van der Waals surface area contributed by atoms with Gasteiger partial charge in [0.2, 0.25) is 5.88 Å². The predicted octanol–water partition coefficient (Wildman–Crippen LogP) is 5.21. The summed E-state index contributed by atoms with van der Waals surface area (Å²) in [6.45, 7) is 5.97. The van der Waals surface area contributed by atoms with Crippen LogP contribution in [0.15, 0.2) is 61.1 Å². The Hall–Kier alpha value is -3.38. The molecule has 6 heteroatoms. The number of nitrogens with zero attached hydrogens (tertiary/aromatic N) is 2. The van der Waals surface area contributed by atoms with E-state index in [2.05, 4.69) is 45.6 Å². The van der Waals surface area contributed by atoms with Gasteiger partial charge in [-0.05, 0) is 68.6 Å².